The van der Waals surface area contributed by atoms with Gasteiger partial charge in [0.1, 0.15) is 5.75 Å². The third-order valence-corrected chi connectivity index (χ3v) is 4.54. The molecular weight excluding hydrogens is 374 g/mol. The lowest BCUT2D eigenvalue weighted by Crippen LogP contribution is -3.15. The third-order valence-electron chi connectivity index (χ3n) is 4.01. The van der Waals surface area contributed by atoms with Crippen LogP contribution in [0.25, 0.3) is 0 Å². The van der Waals surface area contributed by atoms with E-state index in [0.717, 1.165) is 17.6 Å². The quantitative estimate of drug-likeness (QED) is 0.633. The Hall–Kier alpha value is -1.60. The van der Waals surface area contributed by atoms with Crippen LogP contribution in [0.5, 0.6) is 5.75 Å². The van der Waals surface area contributed by atoms with Crippen molar-refractivity contribution in [2.75, 3.05) is 26.2 Å². The summed E-state index contributed by atoms with van der Waals surface area (Å²) in [5, 5.41) is 0. The number of carbonyl (C=O) groups excluding carboxylic acids is 2. The molecule has 1 fully saturated rings. The number of halogens is 1. The molecule has 1 aliphatic heterocycles. The summed E-state index contributed by atoms with van der Waals surface area (Å²) in [5.74, 6) is 1.29. The first kappa shape index (κ1) is 18.7. The van der Waals surface area contributed by atoms with Crippen molar-refractivity contribution in [1.29, 1.82) is 0 Å². The summed E-state index contributed by atoms with van der Waals surface area (Å²) in [6.45, 7) is 6.66. The van der Waals surface area contributed by atoms with E-state index in [1.54, 1.807) is 12.1 Å². The second-order valence-electron chi connectivity index (χ2n) is 6.62. The van der Waals surface area contributed by atoms with Crippen LogP contribution < -0.4 is 20.5 Å². The van der Waals surface area contributed by atoms with Crippen LogP contribution in [0.3, 0.4) is 0 Å². The molecule has 0 spiro atoms. The number of ether oxygens (including phenoxy) is 1. The Morgan fingerprint density at radius 3 is 2.33 bits per heavy atom. The third kappa shape index (κ3) is 6.49. The smallest absolute Gasteiger partial charge is 0.293 e. The van der Waals surface area contributed by atoms with E-state index < -0.39 is 0 Å². The zero-order valence-electron chi connectivity index (χ0n) is 14.1. The van der Waals surface area contributed by atoms with Crippen molar-refractivity contribution in [1.82, 2.24) is 10.9 Å². The van der Waals surface area contributed by atoms with Crippen LogP contribution in [0.2, 0.25) is 0 Å². The standard InChI is InChI=1S/C17H24BrN3O3/c1-12-7-13(2)9-21(8-12)10-16(22)19-20-17(23)11-24-15-5-3-14(18)4-6-15/h3-6,12-13H,7-11H2,1-2H3,(H,19,22)(H,20,23)/p+1/t12-,13+. The average molecular weight is 399 g/mol. The topological polar surface area (TPSA) is 71.9 Å². The second-order valence-corrected chi connectivity index (χ2v) is 7.54. The summed E-state index contributed by atoms with van der Waals surface area (Å²) in [5.41, 5.74) is 4.85. The fourth-order valence-corrected chi connectivity index (χ4v) is 3.46. The second kappa shape index (κ2) is 9.03. The van der Waals surface area contributed by atoms with E-state index in [1.807, 2.05) is 12.1 Å². The molecule has 2 rings (SSSR count). The average Bonchev–Trinajstić information content (AvgIpc) is 2.51. The number of carbonyl (C=O) groups is 2. The summed E-state index contributed by atoms with van der Waals surface area (Å²) in [4.78, 5) is 24.9. The zero-order chi connectivity index (χ0) is 17.5. The van der Waals surface area contributed by atoms with Gasteiger partial charge in [0.05, 0.1) is 13.1 Å². The molecule has 3 atom stereocenters. The molecule has 1 aliphatic rings. The number of piperidine rings is 1. The molecular formula is C17H25BrN3O3+. The highest BCUT2D eigenvalue weighted by molar-refractivity contribution is 9.10. The maximum atomic E-state index is 11.9. The maximum Gasteiger partial charge on any atom is 0.293 e. The molecule has 3 N–H and O–H groups in total. The predicted molar refractivity (Wildman–Crippen MR) is 94.4 cm³/mol. The minimum atomic E-state index is -0.387. The summed E-state index contributed by atoms with van der Waals surface area (Å²) in [6, 6.07) is 7.19. The van der Waals surface area contributed by atoms with Gasteiger partial charge in [-0.1, -0.05) is 29.8 Å². The number of nitrogens with one attached hydrogen (secondary N) is 3. The SMILES string of the molecule is C[C@@H]1C[C@H](C)C[NH+](CC(=O)NNC(=O)COc2ccc(Br)cc2)C1. The predicted octanol–water partition coefficient (Wildman–Crippen LogP) is 0.536. The normalized spacial score (nSPS) is 23.4. The molecule has 0 bridgehead atoms. The van der Waals surface area contributed by atoms with Crippen molar-refractivity contribution < 1.29 is 19.2 Å². The maximum absolute atomic E-state index is 11.9. The van der Waals surface area contributed by atoms with Gasteiger partial charge in [0.15, 0.2) is 13.2 Å². The number of hydrogen-bond donors (Lipinski definition) is 3. The van der Waals surface area contributed by atoms with Crippen LogP contribution in [0.1, 0.15) is 20.3 Å². The zero-order valence-corrected chi connectivity index (χ0v) is 15.7. The van der Waals surface area contributed by atoms with Gasteiger partial charge in [-0.05, 0) is 30.7 Å². The Morgan fingerprint density at radius 1 is 1.12 bits per heavy atom. The number of amides is 2. The van der Waals surface area contributed by atoms with Crippen LogP contribution in [0, 0.1) is 11.8 Å². The van der Waals surface area contributed by atoms with Crippen molar-refractivity contribution in [3.05, 3.63) is 28.7 Å². The number of likely N-dealkylation sites (tertiary alicyclic amines) is 1. The molecule has 0 saturated carbocycles. The Balaban J connectivity index is 1.65. The monoisotopic (exact) mass is 398 g/mol. The summed E-state index contributed by atoms with van der Waals surface area (Å²) < 4.78 is 6.28. The van der Waals surface area contributed by atoms with Crippen LogP contribution >= 0.6 is 15.9 Å². The van der Waals surface area contributed by atoms with Gasteiger partial charge in [0.25, 0.3) is 11.8 Å². The molecule has 24 heavy (non-hydrogen) atoms. The minimum Gasteiger partial charge on any atom is -0.484 e. The molecule has 7 heteroatoms. The van der Waals surface area contributed by atoms with Gasteiger partial charge < -0.3 is 9.64 Å². The highest BCUT2D eigenvalue weighted by Crippen LogP contribution is 2.15. The number of quaternary nitrogens is 1. The van der Waals surface area contributed by atoms with E-state index in [2.05, 4.69) is 40.6 Å². The molecule has 0 radical (unpaired) electrons. The van der Waals surface area contributed by atoms with Gasteiger partial charge in [-0.15, -0.1) is 0 Å². The molecule has 132 valence electrons. The molecule has 0 aromatic heterocycles. The van der Waals surface area contributed by atoms with E-state index in [-0.39, 0.29) is 18.4 Å². The molecule has 1 saturated heterocycles. The van der Waals surface area contributed by atoms with Gasteiger partial charge >= 0.3 is 0 Å². The van der Waals surface area contributed by atoms with E-state index >= 15 is 0 Å². The van der Waals surface area contributed by atoms with Gasteiger partial charge in [-0.25, -0.2) is 0 Å². The van der Waals surface area contributed by atoms with Crippen LogP contribution in [0.15, 0.2) is 28.7 Å². The van der Waals surface area contributed by atoms with Gasteiger partial charge in [0, 0.05) is 16.3 Å². The molecule has 6 nitrogen and oxygen atoms in total. The van der Waals surface area contributed by atoms with Crippen molar-refractivity contribution in [2.45, 2.75) is 20.3 Å². The van der Waals surface area contributed by atoms with Gasteiger partial charge in [-0.2, -0.15) is 0 Å². The Morgan fingerprint density at radius 2 is 1.71 bits per heavy atom. The van der Waals surface area contributed by atoms with Crippen molar-refractivity contribution in [2.24, 2.45) is 11.8 Å². The first-order valence-corrected chi connectivity index (χ1v) is 9.01. The number of hydrazine groups is 1. The van der Waals surface area contributed by atoms with Crippen molar-refractivity contribution in [3.8, 4) is 5.75 Å². The number of benzene rings is 1. The first-order valence-electron chi connectivity index (χ1n) is 8.22. The van der Waals surface area contributed by atoms with Crippen LogP contribution in [-0.2, 0) is 9.59 Å². The van der Waals surface area contributed by atoms with Crippen molar-refractivity contribution >= 4 is 27.7 Å². The molecule has 1 aromatic rings. The minimum absolute atomic E-state index is 0.146. The molecule has 0 aliphatic carbocycles. The molecule has 1 unspecified atom stereocenters. The Labute approximate surface area is 151 Å². The van der Waals surface area contributed by atoms with E-state index in [1.165, 1.54) is 11.3 Å². The number of hydrogen-bond acceptors (Lipinski definition) is 3. The largest absolute Gasteiger partial charge is 0.484 e. The van der Waals surface area contributed by atoms with Gasteiger partial charge in [-0.3, -0.25) is 20.4 Å². The fraction of sp³-hybridized carbons (Fsp3) is 0.529. The lowest BCUT2D eigenvalue weighted by Gasteiger charge is -2.31. The van der Waals surface area contributed by atoms with E-state index in [9.17, 15) is 9.59 Å². The Bertz CT molecular complexity index is 555. The van der Waals surface area contributed by atoms with Gasteiger partial charge in [0.2, 0.25) is 0 Å². The fourth-order valence-electron chi connectivity index (χ4n) is 3.19. The highest BCUT2D eigenvalue weighted by Gasteiger charge is 2.26. The first-order chi connectivity index (χ1) is 11.4. The summed E-state index contributed by atoms with van der Waals surface area (Å²) in [6.07, 6.45) is 1.22. The number of rotatable bonds is 5. The van der Waals surface area contributed by atoms with E-state index in [4.69, 9.17) is 4.74 Å². The highest BCUT2D eigenvalue weighted by atomic mass is 79.9. The molecule has 2 amide bonds. The van der Waals surface area contributed by atoms with Crippen LogP contribution in [-0.4, -0.2) is 38.1 Å². The van der Waals surface area contributed by atoms with Crippen molar-refractivity contribution in [3.63, 3.8) is 0 Å². The molecule has 1 aromatic carbocycles. The lowest BCUT2D eigenvalue weighted by molar-refractivity contribution is -0.904. The Kier molecular flexibility index (Phi) is 7.05. The summed E-state index contributed by atoms with van der Waals surface area (Å²) >= 11 is 3.33. The molecule has 1 heterocycles. The summed E-state index contributed by atoms with van der Waals surface area (Å²) in [7, 11) is 0. The lowest BCUT2D eigenvalue weighted by atomic mass is 9.92. The van der Waals surface area contributed by atoms with Crippen LogP contribution in [0.4, 0.5) is 0 Å². The van der Waals surface area contributed by atoms with E-state index in [0.29, 0.717) is 24.1 Å².